The summed E-state index contributed by atoms with van der Waals surface area (Å²) in [6.45, 7) is 0.276. The van der Waals surface area contributed by atoms with Crippen LogP contribution in [0.1, 0.15) is 21.5 Å². The van der Waals surface area contributed by atoms with Crippen LogP contribution in [0.4, 0.5) is 13.2 Å². The Morgan fingerprint density at radius 2 is 1.74 bits per heavy atom. The number of nitrogens with zero attached hydrogens (tertiary/aromatic N) is 5. The molecule has 138 valence electrons. The number of hydrogen-bond acceptors (Lipinski definition) is 4. The van der Waals surface area contributed by atoms with E-state index in [0.29, 0.717) is 22.5 Å². The predicted molar refractivity (Wildman–Crippen MR) is 89.4 cm³/mol. The Kier molecular flexibility index (Phi) is 4.97. The molecule has 0 saturated heterocycles. The smallest absolute Gasteiger partial charge is 0.304 e. The number of hydrogen-bond donors (Lipinski definition) is 1. The van der Waals surface area contributed by atoms with E-state index in [1.807, 2.05) is 0 Å². The second kappa shape index (κ2) is 7.36. The molecule has 0 aliphatic carbocycles. The van der Waals surface area contributed by atoms with Gasteiger partial charge in [0, 0.05) is 11.1 Å². The van der Waals surface area contributed by atoms with E-state index >= 15 is 0 Å². The van der Waals surface area contributed by atoms with Gasteiger partial charge < -0.3 is 5.84 Å². The lowest BCUT2D eigenvalue weighted by molar-refractivity contribution is -0.137. The summed E-state index contributed by atoms with van der Waals surface area (Å²) < 4.78 is 39.3. The van der Waals surface area contributed by atoms with Crippen molar-refractivity contribution in [2.75, 3.05) is 0 Å². The number of aromatic nitrogens is 3. The first-order chi connectivity index (χ1) is 12.9. The van der Waals surface area contributed by atoms with Crippen molar-refractivity contribution < 1.29 is 18.0 Å². The lowest BCUT2D eigenvalue weighted by Crippen LogP contribution is -2.05. The molecule has 0 spiro atoms. The summed E-state index contributed by atoms with van der Waals surface area (Å²) in [7, 11) is 0. The molecule has 1 heterocycles. The van der Waals surface area contributed by atoms with E-state index in [1.54, 1.807) is 24.3 Å². The Hall–Kier alpha value is -3.56. The van der Waals surface area contributed by atoms with Gasteiger partial charge in [-0.15, -0.1) is 0 Å². The maximum absolute atomic E-state index is 12.6. The van der Waals surface area contributed by atoms with Crippen molar-refractivity contribution >= 4 is 5.91 Å². The van der Waals surface area contributed by atoms with E-state index in [1.165, 1.54) is 23.1 Å². The molecule has 0 aliphatic rings. The van der Waals surface area contributed by atoms with Gasteiger partial charge in [0.2, 0.25) is 0 Å². The zero-order valence-electron chi connectivity index (χ0n) is 13.8. The van der Waals surface area contributed by atoms with Crippen LogP contribution in [0.25, 0.3) is 11.4 Å². The molecule has 0 radical (unpaired) electrons. The summed E-state index contributed by atoms with van der Waals surface area (Å²) in [4.78, 5) is 15.7. The van der Waals surface area contributed by atoms with E-state index in [9.17, 15) is 18.0 Å². The van der Waals surface area contributed by atoms with Crippen LogP contribution in [0.2, 0.25) is 0 Å². The normalized spacial score (nSPS) is 11.8. The van der Waals surface area contributed by atoms with Crippen LogP contribution in [-0.2, 0) is 12.7 Å². The molecule has 1 aromatic heterocycles. The maximum Gasteiger partial charge on any atom is 0.416 e. The third-order valence-corrected chi connectivity index (χ3v) is 3.70. The molecule has 10 heteroatoms. The molecule has 0 saturated carbocycles. The van der Waals surface area contributed by atoms with Gasteiger partial charge in [-0.1, -0.05) is 34.6 Å². The first kappa shape index (κ1) is 18.2. The fraction of sp³-hybridized carbons (Fsp3) is 0.118. The molecule has 1 amide bonds. The molecule has 2 aromatic carbocycles. The van der Waals surface area contributed by atoms with Gasteiger partial charge in [-0.3, -0.25) is 4.79 Å². The first-order valence-electron chi connectivity index (χ1n) is 7.68. The van der Waals surface area contributed by atoms with Crippen LogP contribution in [0.15, 0.2) is 65.2 Å². The fourth-order valence-corrected chi connectivity index (χ4v) is 2.36. The Bertz CT molecular complexity index is 962. The molecule has 0 unspecified atom stereocenters. The molecule has 0 atom stereocenters. The van der Waals surface area contributed by atoms with Crippen LogP contribution in [-0.4, -0.2) is 20.7 Å². The molecule has 3 rings (SSSR count). The minimum Gasteiger partial charge on any atom is -0.304 e. The predicted octanol–water partition coefficient (Wildman–Crippen LogP) is 3.48. The van der Waals surface area contributed by atoms with Gasteiger partial charge >= 0.3 is 6.18 Å². The van der Waals surface area contributed by atoms with Gasteiger partial charge in [0.15, 0.2) is 5.82 Å². The first-order valence-corrected chi connectivity index (χ1v) is 7.68. The van der Waals surface area contributed by atoms with Crippen molar-refractivity contribution in [2.45, 2.75) is 12.7 Å². The maximum atomic E-state index is 12.6. The van der Waals surface area contributed by atoms with Gasteiger partial charge in [0.1, 0.15) is 6.33 Å². The second-order valence-corrected chi connectivity index (χ2v) is 5.56. The highest BCUT2D eigenvalue weighted by Gasteiger charge is 2.29. The number of nitrogens with two attached hydrogens (primary N) is 1. The molecule has 7 nitrogen and oxygen atoms in total. The van der Waals surface area contributed by atoms with Crippen molar-refractivity contribution in [3.63, 3.8) is 0 Å². The summed E-state index contributed by atoms with van der Waals surface area (Å²) in [6.07, 6.45) is -2.88. The minimum atomic E-state index is -4.36. The zero-order valence-corrected chi connectivity index (χ0v) is 13.8. The minimum absolute atomic E-state index is 0.276. The lowest BCUT2D eigenvalue weighted by atomic mass is 10.1. The molecule has 27 heavy (non-hydrogen) atoms. The van der Waals surface area contributed by atoms with E-state index in [2.05, 4.69) is 20.4 Å². The fourth-order valence-electron chi connectivity index (χ4n) is 2.36. The van der Waals surface area contributed by atoms with Crippen LogP contribution >= 0.6 is 0 Å². The number of carbonyl (C=O) groups is 1. The van der Waals surface area contributed by atoms with Crippen molar-refractivity contribution in [1.82, 2.24) is 14.8 Å². The van der Waals surface area contributed by atoms with Crippen molar-refractivity contribution in [1.29, 1.82) is 0 Å². The standard InChI is InChI=1S/C17H13F3N6O/c18-17(19,20)14-7-1-11(2-8-14)9-26-10-22-15(24-26)12-3-5-13(6-4-12)16(27)23-25-21/h1-8,10H,9H2,(H2,21,23,27). The number of benzene rings is 2. The van der Waals surface area contributed by atoms with E-state index in [-0.39, 0.29) is 6.54 Å². The number of rotatable bonds is 4. The number of halogens is 3. The molecular formula is C17H13F3N6O. The monoisotopic (exact) mass is 374 g/mol. The SMILES string of the molecule is NN=NC(=O)c1ccc(-c2ncn(Cc3ccc(C(F)(F)F)cc3)n2)cc1. The molecule has 3 aromatic rings. The average Bonchev–Trinajstić information content (AvgIpc) is 3.10. The highest BCUT2D eigenvalue weighted by molar-refractivity contribution is 5.94. The quantitative estimate of drug-likeness (QED) is 0.429. The van der Waals surface area contributed by atoms with Gasteiger partial charge in [0.05, 0.1) is 12.1 Å². The van der Waals surface area contributed by atoms with Crippen molar-refractivity contribution in [3.8, 4) is 11.4 Å². The third-order valence-electron chi connectivity index (χ3n) is 3.70. The summed E-state index contributed by atoms with van der Waals surface area (Å²) in [6, 6.07) is 11.2. The molecule has 2 N–H and O–H groups in total. The van der Waals surface area contributed by atoms with E-state index < -0.39 is 17.6 Å². The zero-order chi connectivity index (χ0) is 19.4. The molecular weight excluding hydrogens is 361 g/mol. The van der Waals surface area contributed by atoms with E-state index in [4.69, 9.17) is 5.84 Å². The van der Waals surface area contributed by atoms with Crippen LogP contribution in [0.5, 0.6) is 0 Å². The Labute approximate surface area is 151 Å². The topological polar surface area (TPSA) is 98.5 Å². The number of alkyl halides is 3. The molecule has 0 aliphatic heterocycles. The second-order valence-electron chi connectivity index (χ2n) is 5.56. The number of carbonyl (C=O) groups excluding carboxylic acids is 1. The Morgan fingerprint density at radius 1 is 1.07 bits per heavy atom. The summed E-state index contributed by atoms with van der Waals surface area (Å²) in [5.41, 5.74) is 0.946. The van der Waals surface area contributed by atoms with Crippen molar-refractivity contribution in [3.05, 3.63) is 71.5 Å². The summed E-state index contributed by atoms with van der Waals surface area (Å²) in [5, 5.41) is 10.5. The summed E-state index contributed by atoms with van der Waals surface area (Å²) in [5.74, 6) is 4.70. The van der Waals surface area contributed by atoms with Crippen LogP contribution < -0.4 is 5.84 Å². The molecule has 0 bridgehead atoms. The Balaban J connectivity index is 1.72. The molecule has 0 fully saturated rings. The van der Waals surface area contributed by atoms with Gasteiger partial charge in [0.25, 0.3) is 5.91 Å². The average molecular weight is 374 g/mol. The number of amides is 1. The van der Waals surface area contributed by atoms with Crippen LogP contribution in [0, 0.1) is 0 Å². The highest BCUT2D eigenvalue weighted by atomic mass is 19.4. The lowest BCUT2D eigenvalue weighted by Gasteiger charge is -2.07. The van der Waals surface area contributed by atoms with E-state index in [0.717, 1.165) is 12.1 Å². The van der Waals surface area contributed by atoms with Gasteiger partial charge in [-0.25, -0.2) is 9.67 Å². The van der Waals surface area contributed by atoms with Gasteiger partial charge in [-0.05, 0) is 29.8 Å². The van der Waals surface area contributed by atoms with Crippen LogP contribution in [0.3, 0.4) is 0 Å². The largest absolute Gasteiger partial charge is 0.416 e. The third kappa shape index (κ3) is 4.35. The highest BCUT2D eigenvalue weighted by Crippen LogP contribution is 2.29. The Morgan fingerprint density at radius 3 is 2.33 bits per heavy atom. The van der Waals surface area contributed by atoms with Crippen molar-refractivity contribution in [2.24, 2.45) is 16.2 Å². The van der Waals surface area contributed by atoms with Gasteiger partial charge in [-0.2, -0.15) is 18.3 Å². The summed E-state index contributed by atoms with van der Waals surface area (Å²) >= 11 is 0.